The van der Waals surface area contributed by atoms with Crippen LogP contribution in [0.1, 0.15) is 16.2 Å². The van der Waals surface area contributed by atoms with E-state index in [1.807, 2.05) is 0 Å². The molecule has 0 aliphatic carbocycles. The summed E-state index contributed by atoms with van der Waals surface area (Å²) < 4.78 is 9.67. The number of aromatic nitrogens is 2. The Kier molecular flexibility index (Phi) is 2.36. The number of hydrogen-bond donors (Lipinski definition) is 2. The number of rotatable bonds is 4. The number of carbonyl (C=O) groups is 1. The highest BCUT2D eigenvalue weighted by atomic mass is 16.5. The van der Waals surface area contributed by atoms with Gasteiger partial charge in [0.25, 0.3) is 6.01 Å². The summed E-state index contributed by atoms with van der Waals surface area (Å²) in [4.78, 5) is 14.1. The van der Waals surface area contributed by atoms with Crippen molar-refractivity contribution in [2.24, 2.45) is 0 Å². The molecule has 7 heteroatoms. The van der Waals surface area contributed by atoms with Crippen molar-refractivity contribution in [3.63, 3.8) is 0 Å². The van der Waals surface area contributed by atoms with Crippen LogP contribution in [0.4, 0.5) is 6.01 Å². The van der Waals surface area contributed by atoms with Gasteiger partial charge in [0.1, 0.15) is 6.26 Å². The molecule has 15 heavy (non-hydrogen) atoms. The van der Waals surface area contributed by atoms with Crippen LogP contribution < -0.4 is 5.32 Å². The maximum Gasteiger partial charge on any atom is 0.357 e. The van der Waals surface area contributed by atoms with E-state index in [1.165, 1.54) is 6.20 Å². The fourth-order valence-electron chi connectivity index (χ4n) is 0.949. The number of nitrogens with zero attached hydrogens (tertiary/aromatic N) is 2. The van der Waals surface area contributed by atoms with E-state index < -0.39 is 5.97 Å². The van der Waals surface area contributed by atoms with Gasteiger partial charge in [-0.15, -0.1) is 0 Å². The van der Waals surface area contributed by atoms with Gasteiger partial charge in [0, 0.05) is 6.07 Å². The molecule has 2 heterocycles. The summed E-state index contributed by atoms with van der Waals surface area (Å²) in [6.07, 6.45) is 2.57. The summed E-state index contributed by atoms with van der Waals surface area (Å²) in [5.41, 5.74) is -0.143. The monoisotopic (exact) mass is 209 g/mol. The van der Waals surface area contributed by atoms with Crippen molar-refractivity contribution < 1.29 is 18.8 Å². The van der Waals surface area contributed by atoms with Gasteiger partial charge in [-0.2, -0.15) is 4.98 Å². The van der Waals surface area contributed by atoms with Crippen LogP contribution in [0.2, 0.25) is 0 Å². The quantitative estimate of drug-likeness (QED) is 0.773. The van der Waals surface area contributed by atoms with Crippen LogP contribution in [0, 0.1) is 0 Å². The minimum absolute atomic E-state index is 0.129. The van der Waals surface area contributed by atoms with Crippen molar-refractivity contribution in [2.45, 2.75) is 6.54 Å². The van der Waals surface area contributed by atoms with Gasteiger partial charge < -0.3 is 19.4 Å². The van der Waals surface area contributed by atoms with Gasteiger partial charge in [0.15, 0.2) is 11.5 Å². The first-order valence-electron chi connectivity index (χ1n) is 4.08. The lowest BCUT2D eigenvalue weighted by Gasteiger charge is -1.95. The van der Waals surface area contributed by atoms with Crippen molar-refractivity contribution in [1.82, 2.24) is 10.1 Å². The Bertz CT molecular complexity index is 448. The zero-order chi connectivity index (χ0) is 10.7. The first kappa shape index (κ1) is 9.25. The molecule has 0 saturated carbocycles. The molecule has 0 aliphatic heterocycles. The zero-order valence-electron chi connectivity index (χ0n) is 7.51. The number of aromatic carboxylic acids is 1. The smallest absolute Gasteiger partial charge is 0.357 e. The molecule has 2 aromatic heterocycles. The molecule has 2 rings (SSSR count). The molecule has 78 valence electrons. The third-order valence-corrected chi connectivity index (χ3v) is 1.63. The Morgan fingerprint density at radius 2 is 2.47 bits per heavy atom. The molecule has 0 amide bonds. The van der Waals surface area contributed by atoms with Gasteiger partial charge in [-0.3, -0.25) is 0 Å². The van der Waals surface area contributed by atoms with E-state index in [9.17, 15) is 4.79 Å². The lowest BCUT2D eigenvalue weighted by molar-refractivity contribution is 0.0690. The Morgan fingerprint density at radius 1 is 1.60 bits per heavy atom. The maximum absolute atomic E-state index is 10.5. The minimum Gasteiger partial charge on any atom is -0.476 e. The fourth-order valence-corrected chi connectivity index (χ4v) is 0.949. The summed E-state index contributed by atoms with van der Waals surface area (Å²) in [6.45, 7) is 0.333. The molecule has 2 N–H and O–H groups in total. The number of anilines is 1. The predicted molar refractivity (Wildman–Crippen MR) is 47.3 cm³/mol. The zero-order valence-corrected chi connectivity index (χ0v) is 7.51. The standard InChI is InChI=1S/C8H7N3O4/c12-7(13)6-4-14-8(11-6)9-3-5-1-2-10-15-5/h1-2,4H,3H2,(H,9,11)(H,12,13). The molecule has 0 atom stereocenters. The van der Waals surface area contributed by atoms with Crippen LogP contribution in [0.25, 0.3) is 0 Å². The van der Waals surface area contributed by atoms with Crippen molar-refractivity contribution in [2.75, 3.05) is 5.32 Å². The van der Waals surface area contributed by atoms with Gasteiger partial charge in [-0.1, -0.05) is 5.16 Å². The normalized spacial score (nSPS) is 10.1. The van der Waals surface area contributed by atoms with Crippen LogP contribution in [0.5, 0.6) is 0 Å². The molecule has 0 aliphatic rings. The summed E-state index contributed by atoms with van der Waals surface area (Å²) in [5, 5.41) is 14.8. The van der Waals surface area contributed by atoms with Gasteiger partial charge in [0.2, 0.25) is 0 Å². The number of hydrogen-bond acceptors (Lipinski definition) is 6. The fraction of sp³-hybridized carbons (Fsp3) is 0.125. The van der Waals surface area contributed by atoms with Crippen LogP contribution >= 0.6 is 0 Å². The largest absolute Gasteiger partial charge is 0.476 e. The predicted octanol–water partition coefficient (Wildman–Crippen LogP) is 0.973. The maximum atomic E-state index is 10.5. The first-order chi connectivity index (χ1) is 7.25. The average Bonchev–Trinajstić information content (AvgIpc) is 2.86. The van der Waals surface area contributed by atoms with Crippen molar-refractivity contribution in [1.29, 1.82) is 0 Å². The second-order valence-electron chi connectivity index (χ2n) is 2.68. The molecular weight excluding hydrogens is 202 g/mol. The molecular formula is C8H7N3O4. The summed E-state index contributed by atoms with van der Waals surface area (Å²) in [5.74, 6) is -0.531. The van der Waals surface area contributed by atoms with E-state index in [-0.39, 0.29) is 11.7 Å². The summed E-state index contributed by atoms with van der Waals surface area (Å²) in [7, 11) is 0. The van der Waals surface area contributed by atoms with E-state index in [4.69, 9.17) is 14.0 Å². The number of carboxylic acids is 1. The lowest BCUT2D eigenvalue weighted by atomic mass is 10.5. The number of carboxylic acid groups (broad SMARTS) is 1. The third kappa shape index (κ3) is 2.13. The molecule has 0 spiro atoms. The van der Waals surface area contributed by atoms with Gasteiger partial charge in [-0.25, -0.2) is 4.79 Å². The Labute approximate surface area is 83.7 Å². The topological polar surface area (TPSA) is 101 Å². The van der Waals surface area contributed by atoms with Gasteiger partial charge in [-0.05, 0) is 0 Å². The Balaban J connectivity index is 1.96. The van der Waals surface area contributed by atoms with E-state index in [0.717, 1.165) is 6.26 Å². The molecule has 0 unspecified atom stereocenters. The molecule has 0 radical (unpaired) electrons. The van der Waals surface area contributed by atoms with Crippen LogP contribution in [-0.2, 0) is 6.54 Å². The SMILES string of the molecule is O=C(O)c1coc(NCc2ccno2)n1. The molecule has 7 nitrogen and oxygen atoms in total. The molecule has 2 aromatic rings. The second kappa shape index (κ2) is 3.82. The number of oxazole rings is 1. The molecule has 0 saturated heterocycles. The second-order valence-corrected chi connectivity index (χ2v) is 2.68. The minimum atomic E-state index is -1.13. The van der Waals surface area contributed by atoms with Crippen LogP contribution in [-0.4, -0.2) is 21.2 Å². The highest BCUT2D eigenvalue weighted by Crippen LogP contribution is 2.08. The van der Waals surface area contributed by atoms with E-state index in [1.54, 1.807) is 6.07 Å². The number of nitrogens with one attached hydrogen (secondary N) is 1. The van der Waals surface area contributed by atoms with Crippen LogP contribution in [0.3, 0.4) is 0 Å². The summed E-state index contributed by atoms with van der Waals surface area (Å²) in [6, 6.07) is 1.80. The van der Waals surface area contributed by atoms with Crippen LogP contribution in [0.15, 0.2) is 27.5 Å². The highest BCUT2D eigenvalue weighted by Gasteiger charge is 2.10. The first-order valence-corrected chi connectivity index (χ1v) is 4.08. The van der Waals surface area contributed by atoms with E-state index in [0.29, 0.717) is 12.3 Å². The Hall–Kier alpha value is -2.31. The van der Waals surface area contributed by atoms with Crippen molar-refractivity contribution >= 4 is 12.0 Å². The van der Waals surface area contributed by atoms with E-state index in [2.05, 4.69) is 15.5 Å². The van der Waals surface area contributed by atoms with Gasteiger partial charge in [0.05, 0.1) is 12.7 Å². The highest BCUT2D eigenvalue weighted by molar-refractivity contribution is 5.85. The molecule has 0 aromatic carbocycles. The van der Waals surface area contributed by atoms with Crippen molar-refractivity contribution in [3.05, 3.63) is 30.0 Å². The molecule has 0 fully saturated rings. The lowest BCUT2D eigenvalue weighted by Crippen LogP contribution is -2.00. The van der Waals surface area contributed by atoms with E-state index >= 15 is 0 Å². The Morgan fingerprint density at radius 3 is 3.07 bits per heavy atom. The third-order valence-electron chi connectivity index (χ3n) is 1.63. The summed E-state index contributed by atoms with van der Waals surface area (Å²) >= 11 is 0. The van der Waals surface area contributed by atoms with Gasteiger partial charge >= 0.3 is 5.97 Å². The molecule has 0 bridgehead atoms. The van der Waals surface area contributed by atoms with Crippen molar-refractivity contribution in [3.8, 4) is 0 Å². The average molecular weight is 209 g/mol.